The van der Waals surface area contributed by atoms with Crippen molar-refractivity contribution < 1.29 is 9.84 Å². The van der Waals surface area contributed by atoms with E-state index in [2.05, 4.69) is 13.8 Å². The number of hydrogen-bond donors (Lipinski definition) is 1. The first-order valence-electron chi connectivity index (χ1n) is 5.07. The zero-order chi connectivity index (χ0) is 10.1. The van der Waals surface area contributed by atoms with Crippen molar-refractivity contribution in [1.82, 2.24) is 0 Å². The first-order chi connectivity index (χ1) is 6.66. The van der Waals surface area contributed by atoms with Crippen molar-refractivity contribution in [3.8, 4) is 5.75 Å². The zero-order valence-electron chi connectivity index (χ0n) is 8.71. The number of phenolic OH excluding ortho intramolecular Hbond substituents is 1. The molecular weight excluding hydrogens is 176 g/mol. The van der Waals surface area contributed by atoms with Crippen molar-refractivity contribution >= 4 is 0 Å². The summed E-state index contributed by atoms with van der Waals surface area (Å²) in [5, 5.41) is 9.38. The summed E-state index contributed by atoms with van der Waals surface area (Å²) in [6.45, 7) is 5.03. The topological polar surface area (TPSA) is 32.8 Å². The minimum Gasteiger partial charge on any atom is -0.508 e. The summed E-state index contributed by atoms with van der Waals surface area (Å²) in [4.78, 5) is 0. The monoisotopic (exact) mass is 192 g/mol. The molecule has 1 aromatic rings. The Morgan fingerprint density at radius 1 is 1.36 bits per heavy atom. The highest BCUT2D eigenvalue weighted by atomic mass is 16.6. The van der Waals surface area contributed by atoms with Gasteiger partial charge in [0.2, 0.25) is 0 Å². The van der Waals surface area contributed by atoms with E-state index in [0.29, 0.717) is 11.9 Å². The molecule has 1 saturated heterocycles. The Morgan fingerprint density at radius 2 is 1.93 bits per heavy atom. The smallest absolute Gasteiger partial charge is 0.116 e. The van der Waals surface area contributed by atoms with Crippen LogP contribution in [-0.2, 0) is 11.2 Å². The van der Waals surface area contributed by atoms with Crippen LogP contribution in [0.1, 0.15) is 23.1 Å². The molecule has 76 valence electrons. The molecule has 0 bridgehead atoms. The van der Waals surface area contributed by atoms with Crippen molar-refractivity contribution in [2.24, 2.45) is 0 Å². The molecule has 1 heterocycles. The third-order valence-electron chi connectivity index (χ3n) is 2.80. The van der Waals surface area contributed by atoms with Gasteiger partial charge >= 0.3 is 0 Å². The fraction of sp³-hybridized carbons (Fsp3) is 0.500. The van der Waals surface area contributed by atoms with Crippen LogP contribution in [0.15, 0.2) is 12.1 Å². The standard InChI is InChI=1S/C12H16O2/c1-8-5-10(13)6-9(2)12(8)4-3-11-7-14-11/h5-6,11,13H,3-4,7H2,1-2H3. The van der Waals surface area contributed by atoms with Crippen LogP contribution >= 0.6 is 0 Å². The normalized spacial score (nSPS) is 19.7. The molecule has 1 N–H and O–H groups in total. The lowest BCUT2D eigenvalue weighted by molar-refractivity contribution is 0.396. The summed E-state index contributed by atoms with van der Waals surface area (Å²) < 4.78 is 5.18. The molecule has 1 fully saturated rings. The Kier molecular flexibility index (Phi) is 2.46. The van der Waals surface area contributed by atoms with Crippen LogP contribution in [0.25, 0.3) is 0 Å². The largest absolute Gasteiger partial charge is 0.508 e. The highest BCUT2D eigenvalue weighted by molar-refractivity contribution is 5.40. The Morgan fingerprint density at radius 3 is 2.43 bits per heavy atom. The van der Waals surface area contributed by atoms with Crippen molar-refractivity contribution in [3.05, 3.63) is 28.8 Å². The maximum Gasteiger partial charge on any atom is 0.116 e. The number of phenols is 1. The molecular formula is C12H16O2. The molecule has 2 heteroatoms. The molecule has 0 aliphatic carbocycles. The lowest BCUT2D eigenvalue weighted by atomic mass is 9.97. The second-order valence-electron chi connectivity index (χ2n) is 4.05. The predicted octanol–water partition coefficient (Wildman–Crippen LogP) is 2.34. The van der Waals surface area contributed by atoms with Gasteiger partial charge in [-0.05, 0) is 55.5 Å². The average Bonchev–Trinajstić information content (AvgIpc) is 2.85. The fourth-order valence-electron chi connectivity index (χ4n) is 1.90. The molecule has 0 saturated carbocycles. The van der Waals surface area contributed by atoms with E-state index in [1.165, 1.54) is 16.7 Å². The Labute approximate surface area is 84.5 Å². The molecule has 0 amide bonds. The maximum absolute atomic E-state index is 9.38. The lowest BCUT2D eigenvalue weighted by Gasteiger charge is -2.09. The van der Waals surface area contributed by atoms with Gasteiger partial charge < -0.3 is 9.84 Å². The van der Waals surface area contributed by atoms with E-state index >= 15 is 0 Å². The van der Waals surface area contributed by atoms with E-state index in [1.54, 1.807) is 0 Å². The molecule has 1 aliphatic rings. The third kappa shape index (κ3) is 2.07. The van der Waals surface area contributed by atoms with Gasteiger partial charge in [-0.15, -0.1) is 0 Å². The van der Waals surface area contributed by atoms with E-state index in [0.717, 1.165) is 19.4 Å². The van der Waals surface area contributed by atoms with Crippen LogP contribution < -0.4 is 0 Å². The molecule has 1 aliphatic heterocycles. The molecule has 1 unspecified atom stereocenters. The number of rotatable bonds is 3. The average molecular weight is 192 g/mol. The lowest BCUT2D eigenvalue weighted by Crippen LogP contribution is -1.97. The summed E-state index contributed by atoms with van der Waals surface area (Å²) in [5.74, 6) is 0.367. The van der Waals surface area contributed by atoms with Crippen molar-refractivity contribution in [1.29, 1.82) is 0 Å². The number of ether oxygens (including phenoxy) is 1. The van der Waals surface area contributed by atoms with E-state index < -0.39 is 0 Å². The molecule has 14 heavy (non-hydrogen) atoms. The summed E-state index contributed by atoms with van der Waals surface area (Å²) in [6.07, 6.45) is 2.65. The number of benzene rings is 1. The van der Waals surface area contributed by atoms with Gasteiger partial charge in [0.05, 0.1) is 12.7 Å². The highest BCUT2D eigenvalue weighted by Gasteiger charge is 2.22. The van der Waals surface area contributed by atoms with Gasteiger partial charge in [-0.25, -0.2) is 0 Å². The number of aromatic hydroxyl groups is 1. The first kappa shape index (κ1) is 9.53. The first-order valence-corrected chi connectivity index (χ1v) is 5.07. The van der Waals surface area contributed by atoms with Gasteiger partial charge in [-0.1, -0.05) is 0 Å². The van der Waals surface area contributed by atoms with Gasteiger partial charge in [-0.2, -0.15) is 0 Å². The predicted molar refractivity (Wildman–Crippen MR) is 55.6 cm³/mol. The van der Waals surface area contributed by atoms with Gasteiger partial charge in [0.25, 0.3) is 0 Å². The Balaban J connectivity index is 2.13. The zero-order valence-corrected chi connectivity index (χ0v) is 8.71. The summed E-state index contributed by atoms with van der Waals surface area (Å²) >= 11 is 0. The van der Waals surface area contributed by atoms with Crippen molar-refractivity contribution in [2.45, 2.75) is 32.8 Å². The van der Waals surface area contributed by atoms with E-state index in [1.807, 2.05) is 12.1 Å². The van der Waals surface area contributed by atoms with E-state index in [-0.39, 0.29) is 0 Å². The van der Waals surface area contributed by atoms with Gasteiger partial charge in [0, 0.05) is 0 Å². The summed E-state index contributed by atoms with van der Waals surface area (Å²) in [6, 6.07) is 3.66. The molecule has 0 spiro atoms. The minimum atomic E-state index is 0.367. The maximum atomic E-state index is 9.38. The molecule has 2 rings (SSSR count). The number of aryl methyl sites for hydroxylation is 2. The van der Waals surface area contributed by atoms with Gasteiger partial charge in [0.15, 0.2) is 0 Å². The van der Waals surface area contributed by atoms with Crippen molar-refractivity contribution in [2.75, 3.05) is 6.61 Å². The molecule has 2 nitrogen and oxygen atoms in total. The summed E-state index contributed by atoms with van der Waals surface area (Å²) in [5.41, 5.74) is 3.73. The Hall–Kier alpha value is -1.02. The molecule has 1 aromatic carbocycles. The van der Waals surface area contributed by atoms with Crippen LogP contribution in [0.3, 0.4) is 0 Å². The van der Waals surface area contributed by atoms with E-state index in [9.17, 15) is 5.11 Å². The number of epoxide rings is 1. The number of hydrogen-bond acceptors (Lipinski definition) is 2. The van der Waals surface area contributed by atoms with E-state index in [4.69, 9.17) is 4.74 Å². The third-order valence-corrected chi connectivity index (χ3v) is 2.80. The molecule has 0 aromatic heterocycles. The van der Waals surface area contributed by atoms with Crippen LogP contribution in [0, 0.1) is 13.8 Å². The van der Waals surface area contributed by atoms with Gasteiger partial charge in [-0.3, -0.25) is 0 Å². The fourth-order valence-corrected chi connectivity index (χ4v) is 1.90. The minimum absolute atomic E-state index is 0.367. The summed E-state index contributed by atoms with van der Waals surface area (Å²) in [7, 11) is 0. The highest BCUT2D eigenvalue weighted by Crippen LogP contribution is 2.24. The van der Waals surface area contributed by atoms with Crippen LogP contribution in [0.5, 0.6) is 5.75 Å². The quantitative estimate of drug-likeness (QED) is 0.745. The SMILES string of the molecule is Cc1cc(O)cc(C)c1CCC1CO1. The second-order valence-corrected chi connectivity index (χ2v) is 4.05. The van der Waals surface area contributed by atoms with Crippen LogP contribution in [0.4, 0.5) is 0 Å². The van der Waals surface area contributed by atoms with Gasteiger partial charge in [0.1, 0.15) is 5.75 Å². The Bertz CT molecular complexity index is 317. The van der Waals surface area contributed by atoms with Crippen molar-refractivity contribution in [3.63, 3.8) is 0 Å². The van der Waals surface area contributed by atoms with Crippen LogP contribution in [0.2, 0.25) is 0 Å². The second kappa shape index (κ2) is 3.62. The van der Waals surface area contributed by atoms with Crippen LogP contribution in [-0.4, -0.2) is 17.8 Å². The molecule has 0 radical (unpaired) electrons. The molecule has 1 atom stereocenters.